The summed E-state index contributed by atoms with van der Waals surface area (Å²) >= 11 is 0. The number of amides is 3. The van der Waals surface area contributed by atoms with Gasteiger partial charge in [-0.3, -0.25) is 4.79 Å². The van der Waals surface area contributed by atoms with Crippen molar-refractivity contribution < 1.29 is 14.0 Å². The van der Waals surface area contributed by atoms with Crippen molar-refractivity contribution in [2.45, 2.75) is 44.1 Å². The van der Waals surface area contributed by atoms with Crippen LogP contribution < -0.4 is 10.2 Å². The fraction of sp³-hybridized carbons (Fsp3) is 0.467. The molecule has 3 amide bonds. The fourth-order valence-corrected chi connectivity index (χ4v) is 3.14. The molecule has 1 aliphatic heterocycles. The van der Waals surface area contributed by atoms with Crippen LogP contribution in [0.1, 0.15) is 38.5 Å². The fourth-order valence-electron chi connectivity index (χ4n) is 3.14. The lowest BCUT2D eigenvalue weighted by atomic mass is 9.90. The van der Waals surface area contributed by atoms with Gasteiger partial charge in [0.1, 0.15) is 11.4 Å². The number of imide groups is 1. The van der Waals surface area contributed by atoms with Crippen LogP contribution in [0.4, 0.5) is 14.9 Å². The van der Waals surface area contributed by atoms with Crippen LogP contribution in [0.15, 0.2) is 24.3 Å². The van der Waals surface area contributed by atoms with Gasteiger partial charge in [-0.2, -0.15) is 0 Å². The van der Waals surface area contributed by atoms with Gasteiger partial charge in [0.25, 0.3) is 5.91 Å². The minimum absolute atomic E-state index is 0.241. The lowest BCUT2D eigenvalue weighted by Crippen LogP contribution is -2.46. The van der Waals surface area contributed by atoms with Gasteiger partial charge in [-0.05, 0) is 31.0 Å². The van der Waals surface area contributed by atoms with Crippen LogP contribution in [0.3, 0.4) is 0 Å². The van der Waals surface area contributed by atoms with Crippen LogP contribution in [-0.2, 0) is 4.79 Å². The van der Waals surface area contributed by atoms with E-state index in [4.69, 9.17) is 0 Å². The average Bonchev–Trinajstić information content (AvgIpc) is 2.58. The molecule has 0 bridgehead atoms. The Balaban J connectivity index is 1.94. The molecular weight excluding hydrogens is 259 g/mol. The van der Waals surface area contributed by atoms with Gasteiger partial charge in [0.15, 0.2) is 0 Å². The highest BCUT2D eigenvalue weighted by molar-refractivity contribution is 6.23. The number of nitrogens with zero attached hydrogens (tertiary/aromatic N) is 1. The number of rotatable bonds is 1. The van der Waals surface area contributed by atoms with Gasteiger partial charge >= 0.3 is 6.03 Å². The van der Waals surface area contributed by atoms with E-state index in [1.165, 1.54) is 18.2 Å². The molecule has 1 aromatic carbocycles. The molecule has 0 aromatic heterocycles. The Labute approximate surface area is 117 Å². The maximum Gasteiger partial charge on any atom is 0.329 e. The number of nitrogens with one attached hydrogen (secondary N) is 1. The highest BCUT2D eigenvalue weighted by atomic mass is 19.1. The van der Waals surface area contributed by atoms with Crippen LogP contribution in [0.2, 0.25) is 0 Å². The first-order chi connectivity index (χ1) is 9.62. The first kappa shape index (κ1) is 13.1. The quantitative estimate of drug-likeness (QED) is 0.802. The summed E-state index contributed by atoms with van der Waals surface area (Å²) in [5.74, 6) is -0.695. The Bertz CT molecular complexity index is 551. The van der Waals surface area contributed by atoms with Crippen LogP contribution in [-0.4, -0.2) is 17.5 Å². The Hall–Kier alpha value is -1.91. The summed E-state index contributed by atoms with van der Waals surface area (Å²) < 4.78 is 13.3. The number of urea groups is 1. The van der Waals surface area contributed by atoms with Crippen molar-refractivity contribution in [2.75, 3.05) is 4.90 Å². The molecule has 1 N–H and O–H groups in total. The Morgan fingerprint density at radius 1 is 1.10 bits per heavy atom. The number of carbonyl (C=O) groups excluding carboxylic acids is 2. The summed E-state index contributed by atoms with van der Waals surface area (Å²) in [6.07, 6.45) is 5.38. The monoisotopic (exact) mass is 276 g/mol. The number of halogens is 1. The Morgan fingerprint density at radius 3 is 2.45 bits per heavy atom. The van der Waals surface area contributed by atoms with Crippen molar-refractivity contribution in [1.29, 1.82) is 0 Å². The van der Waals surface area contributed by atoms with E-state index in [1.54, 1.807) is 6.07 Å². The van der Waals surface area contributed by atoms with E-state index in [-0.39, 0.29) is 5.91 Å². The van der Waals surface area contributed by atoms with E-state index in [0.29, 0.717) is 18.5 Å². The summed E-state index contributed by atoms with van der Waals surface area (Å²) in [7, 11) is 0. The zero-order chi connectivity index (χ0) is 14.2. The van der Waals surface area contributed by atoms with Crippen molar-refractivity contribution in [1.82, 2.24) is 5.32 Å². The Kier molecular flexibility index (Phi) is 3.20. The van der Waals surface area contributed by atoms with Crippen molar-refractivity contribution in [3.8, 4) is 0 Å². The molecule has 1 aromatic rings. The molecule has 3 rings (SSSR count). The normalized spacial score (nSPS) is 21.9. The minimum atomic E-state index is -0.778. The summed E-state index contributed by atoms with van der Waals surface area (Å²) in [6, 6.07) is 5.15. The van der Waals surface area contributed by atoms with Crippen molar-refractivity contribution >= 4 is 17.6 Å². The molecule has 2 fully saturated rings. The summed E-state index contributed by atoms with van der Waals surface area (Å²) in [5, 5.41) is 2.84. The third kappa shape index (κ3) is 2.07. The first-order valence-corrected chi connectivity index (χ1v) is 7.05. The van der Waals surface area contributed by atoms with E-state index in [1.807, 2.05) is 0 Å². The third-order valence-corrected chi connectivity index (χ3v) is 4.19. The second-order valence-electron chi connectivity index (χ2n) is 5.55. The van der Waals surface area contributed by atoms with Gasteiger partial charge in [-0.15, -0.1) is 0 Å². The number of benzene rings is 1. The number of hydrogen-bond donors (Lipinski definition) is 1. The average molecular weight is 276 g/mol. The highest BCUT2D eigenvalue weighted by Crippen LogP contribution is 2.34. The lowest BCUT2D eigenvalue weighted by molar-refractivity contribution is -0.122. The van der Waals surface area contributed by atoms with Crippen molar-refractivity contribution in [3.05, 3.63) is 30.1 Å². The van der Waals surface area contributed by atoms with Gasteiger partial charge in [0.2, 0.25) is 0 Å². The zero-order valence-corrected chi connectivity index (χ0v) is 11.2. The molecule has 1 saturated carbocycles. The van der Waals surface area contributed by atoms with E-state index in [2.05, 4.69) is 5.32 Å². The molecule has 0 atom stereocenters. The van der Waals surface area contributed by atoms with Gasteiger partial charge < -0.3 is 5.32 Å². The second-order valence-corrected chi connectivity index (χ2v) is 5.55. The molecule has 4 nitrogen and oxygen atoms in total. The molecular formula is C15H17FN2O2. The lowest BCUT2D eigenvalue weighted by Gasteiger charge is -2.24. The van der Waals surface area contributed by atoms with Crippen molar-refractivity contribution in [2.24, 2.45) is 0 Å². The standard InChI is InChI=1S/C15H17FN2O2/c16-11-6-5-7-12(10-11)18-13(19)15(17-14(18)20)8-3-1-2-4-9-15/h5-7,10H,1-4,8-9H2,(H,17,20). The molecule has 20 heavy (non-hydrogen) atoms. The first-order valence-electron chi connectivity index (χ1n) is 7.05. The SMILES string of the molecule is O=C1NC2(CCCCCC2)C(=O)N1c1cccc(F)c1. The molecule has 1 saturated heterocycles. The molecule has 106 valence electrons. The number of anilines is 1. The van der Waals surface area contributed by atoms with Crippen LogP contribution in [0, 0.1) is 5.82 Å². The van der Waals surface area contributed by atoms with E-state index in [9.17, 15) is 14.0 Å². The highest BCUT2D eigenvalue weighted by Gasteiger charge is 2.51. The van der Waals surface area contributed by atoms with E-state index in [0.717, 1.165) is 30.6 Å². The van der Waals surface area contributed by atoms with Crippen LogP contribution >= 0.6 is 0 Å². The third-order valence-electron chi connectivity index (χ3n) is 4.19. The molecule has 5 heteroatoms. The van der Waals surface area contributed by atoms with E-state index >= 15 is 0 Å². The number of hydrogen-bond acceptors (Lipinski definition) is 2. The molecule has 2 aliphatic rings. The summed E-state index contributed by atoms with van der Waals surface area (Å²) in [4.78, 5) is 25.9. The predicted molar refractivity (Wildman–Crippen MR) is 72.9 cm³/mol. The summed E-state index contributed by atoms with van der Waals surface area (Å²) in [5.41, 5.74) is -0.478. The maximum atomic E-state index is 13.3. The smallest absolute Gasteiger partial charge is 0.323 e. The summed E-state index contributed by atoms with van der Waals surface area (Å²) in [6.45, 7) is 0. The van der Waals surface area contributed by atoms with Gasteiger partial charge in [0, 0.05) is 0 Å². The largest absolute Gasteiger partial charge is 0.329 e. The maximum absolute atomic E-state index is 13.3. The van der Waals surface area contributed by atoms with Crippen LogP contribution in [0.5, 0.6) is 0 Å². The molecule has 1 aliphatic carbocycles. The second kappa shape index (κ2) is 4.89. The van der Waals surface area contributed by atoms with E-state index < -0.39 is 17.4 Å². The number of carbonyl (C=O) groups is 2. The minimum Gasteiger partial charge on any atom is -0.323 e. The van der Waals surface area contributed by atoms with Gasteiger partial charge in [-0.25, -0.2) is 14.1 Å². The zero-order valence-electron chi connectivity index (χ0n) is 11.2. The van der Waals surface area contributed by atoms with Crippen molar-refractivity contribution in [3.63, 3.8) is 0 Å². The van der Waals surface area contributed by atoms with Gasteiger partial charge in [-0.1, -0.05) is 31.7 Å². The predicted octanol–water partition coefficient (Wildman–Crippen LogP) is 2.97. The Morgan fingerprint density at radius 2 is 1.80 bits per heavy atom. The van der Waals surface area contributed by atoms with Gasteiger partial charge in [0.05, 0.1) is 5.69 Å². The molecule has 1 heterocycles. The molecule has 1 spiro atoms. The van der Waals surface area contributed by atoms with Crippen LogP contribution in [0.25, 0.3) is 0 Å². The topological polar surface area (TPSA) is 49.4 Å². The molecule has 0 radical (unpaired) electrons. The molecule has 0 unspecified atom stereocenters.